The van der Waals surface area contributed by atoms with E-state index in [-0.39, 0.29) is 18.3 Å². The Morgan fingerprint density at radius 3 is 2.67 bits per heavy atom. The van der Waals surface area contributed by atoms with Gasteiger partial charge in [0.25, 0.3) is 0 Å². The van der Waals surface area contributed by atoms with E-state index < -0.39 is 16.9 Å². The van der Waals surface area contributed by atoms with Crippen LogP contribution in [0.1, 0.15) is 44.6 Å². The molecule has 1 amide bonds. The second-order valence-electron chi connectivity index (χ2n) is 7.36. The second kappa shape index (κ2) is 6.45. The Morgan fingerprint density at radius 1 is 1.38 bits per heavy atom. The molecule has 2 atom stereocenters. The number of amides is 1. The minimum Gasteiger partial charge on any atom is -0.396 e. The first-order chi connectivity index (χ1) is 11.5. The molecular formula is C19H26FNO3. The molecule has 5 heteroatoms. The molecule has 1 saturated carbocycles. The normalized spacial score (nSPS) is 28.7. The molecule has 2 aliphatic rings. The topological polar surface area (TPSA) is 60.8 Å². The molecule has 24 heavy (non-hydrogen) atoms. The van der Waals surface area contributed by atoms with Crippen LogP contribution in [0.3, 0.4) is 0 Å². The van der Waals surface area contributed by atoms with E-state index in [2.05, 4.69) is 0 Å². The number of hydrogen-bond acceptors (Lipinski definition) is 3. The van der Waals surface area contributed by atoms with Crippen molar-refractivity contribution in [2.75, 3.05) is 19.7 Å². The fourth-order valence-corrected chi connectivity index (χ4v) is 4.18. The fourth-order valence-electron chi connectivity index (χ4n) is 4.18. The minimum atomic E-state index is -0.749. The summed E-state index contributed by atoms with van der Waals surface area (Å²) in [5.41, 5.74) is -0.930. The lowest BCUT2D eigenvalue weighted by molar-refractivity contribution is -0.145. The molecule has 0 unspecified atom stereocenters. The summed E-state index contributed by atoms with van der Waals surface area (Å²) in [6.07, 6.45) is 2.67. The lowest BCUT2D eigenvalue weighted by atomic mass is 9.74. The Bertz CT molecular complexity index is 616. The number of hydrogen-bond donors (Lipinski definition) is 2. The van der Waals surface area contributed by atoms with Crippen LogP contribution in [-0.2, 0) is 10.2 Å². The molecule has 1 aliphatic carbocycles. The average Bonchev–Trinajstić information content (AvgIpc) is 3.38. The molecule has 1 aromatic carbocycles. The standard InChI is InChI=1S/C19H26FNO3/c1-2-8-18(13-22)12-21(11-7-16(18)23)17(24)19(9-10-19)14-5-3-4-6-15(14)20/h3-6,16,22-23H,2,7-13H2,1H3/t16-,18-/m0/s1. The number of aliphatic hydroxyl groups excluding tert-OH is 2. The van der Waals surface area contributed by atoms with Crippen LogP contribution in [0, 0.1) is 11.2 Å². The third-order valence-electron chi connectivity index (χ3n) is 5.78. The van der Waals surface area contributed by atoms with Gasteiger partial charge >= 0.3 is 0 Å². The van der Waals surface area contributed by atoms with Gasteiger partial charge in [0.15, 0.2) is 0 Å². The maximum Gasteiger partial charge on any atom is 0.233 e. The molecule has 1 heterocycles. The molecule has 3 rings (SSSR count). The van der Waals surface area contributed by atoms with Gasteiger partial charge in [-0.2, -0.15) is 0 Å². The highest BCUT2D eigenvalue weighted by Gasteiger charge is 2.56. The Kier molecular flexibility index (Phi) is 4.67. The van der Waals surface area contributed by atoms with Crippen LogP contribution in [-0.4, -0.2) is 46.8 Å². The molecule has 1 aromatic rings. The van der Waals surface area contributed by atoms with E-state index in [0.717, 1.165) is 6.42 Å². The van der Waals surface area contributed by atoms with Crippen LogP contribution in [0.4, 0.5) is 4.39 Å². The van der Waals surface area contributed by atoms with E-state index in [0.29, 0.717) is 44.3 Å². The zero-order valence-electron chi connectivity index (χ0n) is 14.2. The van der Waals surface area contributed by atoms with E-state index in [1.165, 1.54) is 6.07 Å². The van der Waals surface area contributed by atoms with Crippen molar-refractivity contribution in [3.63, 3.8) is 0 Å². The quantitative estimate of drug-likeness (QED) is 0.867. The third-order valence-corrected chi connectivity index (χ3v) is 5.78. The highest BCUT2D eigenvalue weighted by atomic mass is 19.1. The number of carbonyl (C=O) groups is 1. The Hall–Kier alpha value is -1.46. The SMILES string of the molecule is CCC[C@@]1(CO)CN(C(=O)C2(c3ccccc3F)CC2)CC[C@@H]1O. The fraction of sp³-hybridized carbons (Fsp3) is 0.632. The van der Waals surface area contributed by atoms with Gasteiger partial charge in [-0.15, -0.1) is 0 Å². The smallest absolute Gasteiger partial charge is 0.233 e. The Balaban J connectivity index is 1.84. The summed E-state index contributed by atoms with van der Waals surface area (Å²) >= 11 is 0. The van der Waals surface area contributed by atoms with Crippen molar-refractivity contribution in [3.8, 4) is 0 Å². The molecule has 0 aromatic heterocycles. The molecule has 0 radical (unpaired) electrons. The summed E-state index contributed by atoms with van der Waals surface area (Å²) in [7, 11) is 0. The van der Waals surface area contributed by atoms with E-state index in [4.69, 9.17) is 0 Å². The van der Waals surface area contributed by atoms with Gasteiger partial charge in [0.2, 0.25) is 5.91 Å². The largest absolute Gasteiger partial charge is 0.396 e. The summed E-state index contributed by atoms with van der Waals surface area (Å²) in [5, 5.41) is 20.2. The van der Waals surface area contributed by atoms with E-state index in [1.54, 1.807) is 23.1 Å². The van der Waals surface area contributed by atoms with Crippen LogP contribution in [0.5, 0.6) is 0 Å². The van der Waals surface area contributed by atoms with Crippen molar-refractivity contribution in [1.82, 2.24) is 4.90 Å². The van der Waals surface area contributed by atoms with Crippen molar-refractivity contribution < 1.29 is 19.4 Å². The van der Waals surface area contributed by atoms with Gasteiger partial charge in [0, 0.05) is 24.1 Å². The molecule has 0 bridgehead atoms. The second-order valence-corrected chi connectivity index (χ2v) is 7.36. The number of nitrogens with zero attached hydrogens (tertiary/aromatic N) is 1. The zero-order valence-corrected chi connectivity index (χ0v) is 14.2. The highest BCUT2D eigenvalue weighted by molar-refractivity contribution is 5.91. The summed E-state index contributed by atoms with van der Waals surface area (Å²) in [6.45, 7) is 2.67. The summed E-state index contributed by atoms with van der Waals surface area (Å²) in [6, 6.07) is 6.50. The first kappa shape index (κ1) is 17.4. The first-order valence-electron chi connectivity index (χ1n) is 8.82. The lowest BCUT2D eigenvalue weighted by Gasteiger charge is -2.46. The minimum absolute atomic E-state index is 0.0616. The maximum atomic E-state index is 14.2. The van der Waals surface area contributed by atoms with E-state index >= 15 is 0 Å². The van der Waals surface area contributed by atoms with E-state index in [9.17, 15) is 19.4 Å². The molecule has 2 fully saturated rings. The van der Waals surface area contributed by atoms with Gasteiger partial charge < -0.3 is 15.1 Å². The maximum absolute atomic E-state index is 14.2. The number of aliphatic hydroxyl groups is 2. The van der Waals surface area contributed by atoms with Crippen molar-refractivity contribution in [2.45, 2.75) is 50.5 Å². The zero-order chi connectivity index (χ0) is 17.4. The molecule has 2 N–H and O–H groups in total. The van der Waals surface area contributed by atoms with Crippen molar-refractivity contribution in [3.05, 3.63) is 35.6 Å². The van der Waals surface area contributed by atoms with E-state index in [1.807, 2.05) is 6.92 Å². The van der Waals surface area contributed by atoms with Crippen LogP contribution in [0.25, 0.3) is 0 Å². The highest BCUT2D eigenvalue weighted by Crippen LogP contribution is 2.51. The van der Waals surface area contributed by atoms with Crippen molar-refractivity contribution in [1.29, 1.82) is 0 Å². The Morgan fingerprint density at radius 2 is 2.08 bits per heavy atom. The summed E-state index contributed by atoms with van der Waals surface area (Å²) in [5.74, 6) is -0.393. The number of benzene rings is 1. The molecule has 0 spiro atoms. The number of carbonyl (C=O) groups excluding carboxylic acids is 1. The van der Waals surface area contributed by atoms with Gasteiger partial charge in [0.1, 0.15) is 5.82 Å². The lowest BCUT2D eigenvalue weighted by Crippen LogP contribution is -2.57. The van der Waals surface area contributed by atoms with Gasteiger partial charge in [-0.1, -0.05) is 31.5 Å². The van der Waals surface area contributed by atoms with Gasteiger partial charge in [-0.25, -0.2) is 4.39 Å². The van der Waals surface area contributed by atoms with Crippen LogP contribution in [0.2, 0.25) is 0 Å². The number of piperidine rings is 1. The monoisotopic (exact) mass is 335 g/mol. The van der Waals surface area contributed by atoms with Crippen LogP contribution < -0.4 is 0 Å². The first-order valence-corrected chi connectivity index (χ1v) is 8.82. The van der Waals surface area contributed by atoms with Gasteiger partial charge in [-0.05, 0) is 31.7 Å². The summed E-state index contributed by atoms with van der Waals surface area (Å²) in [4.78, 5) is 14.9. The molecule has 1 aliphatic heterocycles. The molecule has 132 valence electrons. The molecular weight excluding hydrogens is 309 g/mol. The Labute approximate surface area is 142 Å². The van der Waals surface area contributed by atoms with Gasteiger partial charge in [0.05, 0.1) is 18.1 Å². The number of likely N-dealkylation sites (tertiary alicyclic amines) is 1. The van der Waals surface area contributed by atoms with Crippen LogP contribution >= 0.6 is 0 Å². The number of halogens is 1. The van der Waals surface area contributed by atoms with Gasteiger partial charge in [-0.3, -0.25) is 4.79 Å². The number of rotatable bonds is 5. The van der Waals surface area contributed by atoms with Crippen molar-refractivity contribution in [2.24, 2.45) is 5.41 Å². The van der Waals surface area contributed by atoms with Crippen LogP contribution in [0.15, 0.2) is 24.3 Å². The molecule has 1 saturated heterocycles. The predicted octanol–water partition coefficient (Wildman–Crippen LogP) is 2.23. The third kappa shape index (κ3) is 2.74. The predicted molar refractivity (Wildman–Crippen MR) is 88.9 cm³/mol. The van der Waals surface area contributed by atoms with Crippen molar-refractivity contribution >= 4 is 5.91 Å². The molecule has 4 nitrogen and oxygen atoms in total. The average molecular weight is 335 g/mol. The summed E-state index contributed by atoms with van der Waals surface area (Å²) < 4.78 is 14.2.